The molecule has 1 atom stereocenters. The summed E-state index contributed by atoms with van der Waals surface area (Å²) in [6.45, 7) is 0.420. The molecule has 0 unspecified atom stereocenters. The molecule has 168 valence electrons. The molecule has 1 saturated heterocycles. The Labute approximate surface area is 184 Å². The van der Waals surface area contributed by atoms with E-state index in [9.17, 15) is 27.2 Å². The summed E-state index contributed by atoms with van der Waals surface area (Å²) in [5.41, 5.74) is 0.694. The van der Waals surface area contributed by atoms with Crippen molar-refractivity contribution in [2.24, 2.45) is 0 Å². The number of anilines is 1. The van der Waals surface area contributed by atoms with Crippen LogP contribution in [0.4, 0.5) is 10.1 Å². The minimum absolute atomic E-state index is 0.0175. The van der Waals surface area contributed by atoms with Gasteiger partial charge in [0.2, 0.25) is 21.8 Å². The number of hydrogen-bond donors (Lipinski definition) is 2. The average molecular weight is 460 g/mol. The summed E-state index contributed by atoms with van der Waals surface area (Å²) < 4.78 is 39.8. The van der Waals surface area contributed by atoms with Crippen molar-refractivity contribution in [1.29, 1.82) is 0 Å². The number of fused-ring (bicyclic) bond motifs is 1. The Kier molecular flexibility index (Phi) is 5.94. The third kappa shape index (κ3) is 4.34. The van der Waals surface area contributed by atoms with Crippen molar-refractivity contribution in [2.45, 2.75) is 17.4 Å². The van der Waals surface area contributed by atoms with Gasteiger partial charge in [0, 0.05) is 26.2 Å². The maximum Gasteiger partial charge on any atom is 0.254 e. The summed E-state index contributed by atoms with van der Waals surface area (Å²) >= 11 is 0. The van der Waals surface area contributed by atoms with E-state index in [1.807, 2.05) is 0 Å². The molecule has 2 aromatic rings. The minimum Gasteiger partial charge on any atom is -0.340 e. The van der Waals surface area contributed by atoms with E-state index in [0.29, 0.717) is 11.3 Å². The second-order valence-corrected chi connectivity index (χ2v) is 9.44. The maximum atomic E-state index is 13.1. The number of carbonyl (C=O) groups is 3. The lowest BCUT2D eigenvalue weighted by atomic mass is 10.1. The van der Waals surface area contributed by atoms with Gasteiger partial charge in [-0.2, -0.15) is 4.31 Å². The monoisotopic (exact) mass is 460 g/mol. The first-order valence-corrected chi connectivity index (χ1v) is 11.4. The Morgan fingerprint density at radius 1 is 1.00 bits per heavy atom. The standard InChI is InChI=1S/C21H21FN4O5S/c22-14-5-7-15(8-6-14)32(30,31)26-11-9-25(10-12-26)19(27)13-18-21(29)23-17-4-2-1-3-16(17)20(28)24-18/h1-8,18H,9-13H2,(H,23,29)(H,24,28)/t18-/m0/s1. The topological polar surface area (TPSA) is 116 Å². The van der Waals surface area contributed by atoms with Crippen molar-refractivity contribution < 1.29 is 27.2 Å². The van der Waals surface area contributed by atoms with Crippen molar-refractivity contribution in [3.63, 3.8) is 0 Å². The molecule has 0 aromatic heterocycles. The fraction of sp³-hybridized carbons (Fsp3) is 0.286. The fourth-order valence-electron chi connectivity index (χ4n) is 3.69. The Hall–Kier alpha value is -3.31. The van der Waals surface area contributed by atoms with E-state index in [2.05, 4.69) is 10.6 Å². The summed E-state index contributed by atoms with van der Waals surface area (Å²) in [6, 6.07) is 10.1. The number of sulfonamides is 1. The Morgan fingerprint density at radius 2 is 1.66 bits per heavy atom. The van der Waals surface area contributed by atoms with Gasteiger partial charge >= 0.3 is 0 Å². The zero-order valence-corrected chi connectivity index (χ0v) is 17.8. The van der Waals surface area contributed by atoms with Crippen LogP contribution in [0.15, 0.2) is 53.4 Å². The number of nitrogens with one attached hydrogen (secondary N) is 2. The number of carbonyl (C=O) groups excluding carboxylic acids is 3. The molecule has 2 aliphatic rings. The second kappa shape index (κ2) is 8.67. The van der Waals surface area contributed by atoms with Crippen LogP contribution in [0.25, 0.3) is 0 Å². The van der Waals surface area contributed by atoms with Gasteiger partial charge in [0.25, 0.3) is 5.91 Å². The predicted molar refractivity (Wildman–Crippen MR) is 113 cm³/mol. The number of halogens is 1. The van der Waals surface area contributed by atoms with Gasteiger partial charge in [0.15, 0.2) is 0 Å². The van der Waals surface area contributed by atoms with Crippen LogP contribution in [-0.4, -0.2) is 67.6 Å². The van der Waals surface area contributed by atoms with E-state index in [0.717, 1.165) is 12.1 Å². The molecule has 0 bridgehead atoms. The van der Waals surface area contributed by atoms with E-state index in [-0.39, 0.29) is 43.4 Å². The van der Waals surface area contributed by atoms with Gasteiger partial charge < -0.3 is 15.5 Å². The molecular formula is C21H21FN4O5S. The average Bonchev–Trinajstić information content (AvgIpc) is 2.90. The summed E-state index contributed by atoms with van der Waals surface area (Å²) in [7, 11) is -3.80. The predicted octanol–water partition coefficient (Wildman–Crippen LogP) is 0.799. The molecular weight excluding hydrogens is 439 g/mol. The van der Waals surface area contributed by atoms with E-state index in [1.54, 1.807) is 24.3 Å². The van der Waals surface area contributed by atoms with Crippen LogP contribution in [0, 0.1) is 5.82 Å². The lowest BCUT2D eigenvalue weighted by molar-refractivity contribution is -0.134. The molecule has 9 nitrogen and oxygen atoms in total. The number of piperazine rings is 1. The molecule has 11 heteroatoms. The summed E-state index contributed by atoms with van der Waals surface area (Å²) in [4.78, 5) is 39.1. The first kappa shape index (κ1) is 21.9. The van der Waals surface area contributed by atoms with E-state index in [1.165, 1.54) is 21.3 Å². The van der Waals surface area contributed by atoms with Gasteiger partial charge in [0.05, 0.1) is 22.6 Å². The van der Waals surface area contributed by atoms with Crippen LogP contribution in [0.2, 0.25) is 0 Å². The molecule has 2 aromatic carbocycles. The molecule has 1 fully saturated rings. The van der Waals surface area contributed by atoms with Gasteiger partial charge in [-0.1, -0.05) is 12.1 Å². The highest BCUT2D eigenvalue weighted by Gasteiger charge is 2.34. The van der Waals surface area contributed by atoms with Crippen LogP contribution >= 0.6 is 0 Å². The molecule has 0 spiro atoms. The highest BCUT2D eigenvalue weighted by atomic mass is 32.2. The van der Waals surface area contributed by atoms with Crippen molar-refractivity contribution in [2.75, 3.05) is 31.5 Å². The second-order valence-electron chi connectivity index (χ2n) is 7.50. The van der Waals surface area contributed by atoms with E-state index in [4.69, 9.17) is 0 Å². The third-order valence-corrected chi connectivity index (χ3v) is 7.39. The molecule has 2 heterocycles. The van der Waals surface area contributed by atoms with Crippen LogP contribution in [-0.2, 0) is 19.6 Å². The fourth-order valence-corrected chi connectivity index (χ4v) is 5.11. The van der Waals surface area contributed by atoms with E-state index < -0.39 is 33.7 Å². The smallest absolute Gasteiger partial charge is 0.254 e. The van der Waals surface area contributed by atoms with Gasteiger partial charge in [-0.05, 0) is 36.4 Å². The molecule has 0 saturated carbocycles. The quantitative estimate of drug-likeness (QED) is 0.700. The molecule has 2 aliphatic heterocycles. The summed E-state index contributed by atoms with van der Waals surface area (Å²) in [5, 5.41) is 5.23. The van der Waals surface area contributed by atoms with Crippen molar-refractivity contribution >= 4 is 33.4 Å². The van der Waals surface area contributed by atoms with Gasteiger partial charge in [-0.25, -0.2) is 12.8 Å². The van der Waals surface area contributed by atoms with Crippen LogP contribution in [0.3, 0.4) is 0 Å². The number of hydrogen-bond acceptors (Lipinski definition) is 5. The Morgan fingerprint density at radius 3 is 2.34 bits per heavy atom. The maximum absolute atomic E-state index is 13.1. The van der Waals surface area contributed by atoms with E-state index >= 15 is 0 Å². The highest BCUT2D eigenvalue weighted by Crippen LogP contribution is 2.21. The first-order chi connectivity index (χ1) is 15.3. The molecule has 0 radical (unpaired) electrons. The van der Waals surface area contributed by atoms with Crippen molar-refractivity contribution in [1.82, 2.24) is 14.5 Å². The van der Waals surface area contributed by atoms with Crippen molar-refractivity contribution in [3.8, 4) is 0 Å². The van der Waals surface area contributed by atoms with Crippen LogP contribution in [0.1, 0.15) is 16.8 Å². The molecule has 4 rings (SSSR count). The third-order valence-electron chi connectivity index (χ3n) is 5.47. The van der Waals surface area contributed by atoms with Crippen LogP contribution in [0.5, 0.6) is 0 Å². The minimum atomic E-state index is -3.80. The number of nitrogens with zero attached hydrogens (tertiary/aromatic N) is 2. The number of para-hydroxylation sites is 1. The van der Waals surface area contributed by atoms with Gasteiger partial charge in [-0.3, -0.25) is 14.4 Å². The zero-order valence-electron chi connectivity index (χ0n) is 17.0. The number of amides is 3. The number of rotatable bonds is 4. The Bertz CT molecular complexity index is 1160. The van der Waals surface area contributed by atoms with Gasteiger partial charge in [-0.15, -0.1) is 0 Å². The number of benzene rings is 2. The molecule has 32 heavy (non-hydrogen) atoms. The lowest BCUT2D eigenvalue weighted by Crippen LogP contribution is -2.52. The molecule has 0 aliphatic carbocycles. The first-order valence-electron chi connectivity index (χ1n) is 10.00. The Balaban J connectivity index is 1.37. The molecule has 2 N–H and O–H groups in total. The zero-order chi connectivity index (χ0) is 22.9. The van der Waals surface area contributed by atoms with Crippen LogP contribution < -0.4 is 10.6 Å². The highest BCUT2D eigenvalue weighted by molar-refractivity contribution is 7.89. The molecule has 3 amide bonds. The SMILES string of the molecule is O=C1N[C@@H](CC(=O)N2CCN(S(=O)(=O)c3ccc(F)cc3)CC2)C(=O)Nc2ccccc21. The lowest BCUT2D eigenvalue weighted by Gasteiger charge is -2.34. The van der Waals surface area contributed by atoms with Gasteiger partial charge in [0.1, 0.15) is 11.9 Å². The summed E-state index contributed by atoms with van der Waals surface area (Å²) in [5.74, 6) is -1.84. The van der Waals surface area contributed by atoms with Crippen molar-refractivity contribution in [3.05, 3.63) is 59.9 Å². The summed E-state index contributed by atoms with van der Waals surface area (Å²) in [6.07, 6.45) is -0.240. The normalized spacial score (nSPS) is 19.5. The largest absolute Gasteiger partial charge is 0.340 e.